The van der Waals surface area contributed by atoms with E-state index in [9.17, 15) is 0 Å². The summed E-state index contributed by atoms with van der Waals surface area (Å²) in [7, 11) is 1.60. The molecule has 1 N–H and O–H groups in total. The summed E-state index contributed by atoms with van der Waals surface area (Å²) in [6, 6.07) is 22.0. The standard InChI is InChI=1S/C27H22N8O/c1-36-24-17-29-27(32-26(24)31-20-11-14-28-15-12-20)25-22-5-2-3-6-23(22)35(33-25)18-19-7-9-21(10-8-19)34-16-4-13-30-34/h2-17H,18H2,1H3,(H,28,29,31,32). The first kappa shape index (κ1) is 21.5. The number of anilines is 2. The van der Waals surface area contributed by atoms with Gasteiger partial charge in [-0.15, -0.1) is 0 Å². The summed E-state index contributed by atoms with van der Waals surface area (Å²) >= 11 is 0. The summed E-state index contributed by atoms with van der Waals surface area (Å²) in [5.41, 5.74) is 4.70. The second kappa shape index (κ2) is 9.30. The van der Waals surface area contributed by atoms with Crippen LogP contribution in [-0.2, 0) is 6.54 Å². The van der Waals surface area contributed by atoms with Gasteiger partial charge in [0.25, 0.3) is 0 Å². The maximum Gasteiger partial charge on any atom is 0.183 e. The Hall–Kier alpha value is -5.05. The minimum absolute atomic E-state index is 0.510. The number of nitrogens with one attached hydrogen (secondary N) is 1. The van der Waals surface area contributed by atoms with Gasteiger partial charge in [-0.3, -0.25) is 9.67 Å². The van der Waals surface area contributed by atoms with E-state index in [-0.39, 0.29) is 0 Å². The zero-order valence-corrected chi connectivity index (χ0v) is 19.5. The third-order valence-electron chi connectivity index (χ3n) is 5.83. The highest BCUT2D eigenvalue weighted by atomic mass is 16.5. The zero-order valence-electron chi connectivity index (χ0n) is 19.5. The molecule has 0 aliphatic rings. The van der Waals surface area contributed by atoms with Crippen LogP contribution in [0.25, 0.3) is 28.1 Å². The number of nitrogens with zero attached hydrogens (tertiary/aromatic N) is 7. The number of fused-ring (bicyclic) bond motifs is 1. The van der Waals surface area contributed by atoms with Gasteiger partial charge in [0.15, 0.2) is 17.4 Å². The van der Waals surface area contributed by atoms with Gasteiger partial charge in [0.05, 0.1) is 31.1 Å². The van der Waals surface area contributed by atoms with Gasteiger partial charge in [0, 0.05) is 35.9 Å². The van der Waals surface area contributed by atoms with Crippen molar-refractivity contribution in [2.24, 2.45) is 0 Å². The molecule has 6 aromatic rings. The molecule has 0 aliphatic heterocycles. The summed E-state index contributed by atoms with van der Waals surface area (Å²) < 4.78 is 9.30. The first-order chi connectivity index (χ1) is 17.8. The van der Waals surface area contributed by atoms with Crippen LogP contribution in [0.15, 0.2) is 97.7 Å². The predicted octanol–water partition coefficient (Wildman–Crippen LogP) is 4.87. The topological polar surface area (TPSA) is 95.6 Å². The molecule has 0 saturated carbocycles. The van der Waals surface area contributed by atoms with E-state index in [1.807, 2.05) is 52.0 Å². The van der Waals surface area contributed by atoms with Crippen LogP contribution in [0.1, 0.15) is 5.56 Å². The number of aromatic nitrogens is 7. The molecule has 9 heteroatoms. The number of hydrogen-bond acceptors (Lipinski definition) is 7. The molecule has 0 aliphatic carbocycles. The lowest BCUT2D eigenvalue weighted by Gasteiger charge is -2.10. The molecule has 2 aromatic carbocycles. The summed E-state index contributed by atoms with van der Waals surface area (Å²) in [6.45, 7) is 0.609. The van der Waals surface area contributed by atoms with Crippen LogP contribution in [0.3, 0.4) is 0 Å². The molecule has 0 radical (unpaired) electrons. The highest BCUT2D eigenvalue weighted by molar-refractivity contribution is 5.92. The minimum atomic E-state index is 0.510. The maximum atomic E-state index is 5.48. The smallest absolute Gasteiger partial charge is 0.183 e. The number of pyridine rings is 1. The third kappa shape index (κ3) is 4.14. The molecule has 0 spiro atoms. The lowest BCUT2D eigenvalue weighted by Crippen LogP contribution is -2.04. The first-order valence-corrected chi connectivity index (χ1v) is 11.4. The van der Waals surface area contributed by atoms with Crippen molar-refractivity contribution in [1.82, 2.24) is 34.5 Å². The Morgan fingerprint density at radius 1 is 0.917 bits per heavy atom. The van der Waals surface area contributed by atoms with Crippen molar-refractivity contribution in [3.8, 4) is 23.0 Å². The Bertz CT molecular complexity index is 1610. The van der Waals surface area contributed by atoms with Gasteiger partial charge in [-0.05, 0) is 42.0 Å². The van der Waals surface area contributed by atoms with E-state index >= 15 is 0 Å². The monoisotopic (exact) mass is 474 g/mol. The van der Waals surface area contributed by atoms with Crippen molar-refractivity contribution in [1.29, 1.82) is 0 Å². The molecule has 0 amide bonds. The molecule has 9 nitrogen and oxygen atoms in total. The van der Waals surface area contributed by atoms with E-state index in [2.05, 4.69) is 50.7 Å². The largest absolute Gasteiger partial charge is 0.491 e. The molecule has 6 rings (SSSR count). The molecule has 0 fully saturated rings. The van der Waals surface area contributed by atoms with Gasteiger partial charge in [-0.25, -0.2) is 14.6 Å². The number of hydrogen-bond donors (Lipinski definition) is 1. The van der Waals surface area contributed by atoms with Gasteiger partial charge < -0.3 is 10.1 Å². The van der Waals surface area contributed by atoms with Crippen molar-refractivity contribution in [3.63, 3.8) is 0 Å². The molecule has 4 aromatic heterocycles. The van der Waals surface area contributed by atoms with Gasteiger partial charge in [0.2, 0.25) is 0 Å². The van der Waals surface area contributed by atoms with Gasteiger partial charge >= 0.3 is 0 Å². The minimum Gasteiger partial charge on any atom is -0.491 e. The van der Waals surface area contributed by atoms with Crippen molar-refractivity contribution in [2.45, 2.75) is 6.54 Å². The van der Waals surface area contributed by atoms with E-state index in [1.165, 1.54) is 0 Å². The lowest BCUT2D eigenvalue weighted by atomic mass is 10.2. The van der Waals surface area contributed by atoms with Crippen LogP contribution in [0.2, 0.25) is 0 Å². The quantitative estimate of drug-likeness (QED) is 0.352. The summed E-state index contributed by atoms with van der Waals surface area (Å²) in [4.78, 5) is 13.4. The van der Waals surface area contributed by atoms with E-state index in [1.54, 1.807) is 31.9 Å². The molecule has 0 saturated heterocycles. The normalized spacial score (nSPS) is 11.0. The molecule has 0 bridgehead atoms. The number of ether oxygens (including phenoxy) is 1. The molecule has 36 heavy (non-hydrogen) atoms. The van der Waals surface area contributed by atoms with Crippen molar-refractivity contribution in [2.75, 3.05) is 12.4 Å². The molecule has 0 unspecified atom stereocenters. The number of para-hydroxylation sites is 1. The SMILES string of the molecule is COc1cnc(-c2nn(Cc3ccc(-n4cccn4)cc3)c3ccccc23)nc1Nc1ccncc1. The number of benzene rings is 2. The first-order valence-electron chi connectivity index (χ1n) is 11.4. The Kier molecular flexibility index (Phi) is 5.55. The predicted molar refractivity (Wildman–Crippen MR) is 137 cm³/mol. The van der Waals surface area contributed by atoms with Gasteiger partial charge in [-0.2, -0.15) is 10.2 Å². The molecule has 0 atom stereocenters. The van der Waals surface area contributed by atoms with E-state index in [0.717, 1.165) is 27.8 Å². The summed E-state index contributed by atoms with van der Waals surface area (Å²) in [5, 5.41) is 13.5. The van der Waals surface area contributed by atoms with Gasteiger partial charge in [-0.1, -0.05) is 30.3 Å². The Labute approximate surface area is 207 Å². The molecular formula is C27H22N8O. The van der Waals surface area contributed by atoms with Crippen molar-refractivity contribution < 1.29 is 4.74 Å². The van der Waals surface area contributed by atoms with Crippen molar-refractivity contribution >= 4 is 22.4 Å². The van der Waals surface area contributed by atoms with Crippen LogP contribution in [0.5, 0.6) is 5.75 Å². The maximum absolute atomic E-state index is 5.48. The average Bonchev–Trinajstić information content (AvgIpc) is 3.59. The van der Waals surface area contributed by atoms with E-state index < -0.39 is 0 Å². The summed E-state index contributed by atoms with van der Waals surface area (Å²) in [5.74, 6) is 1.61. The average molecular weight is 475 g/mol. The number of methoxy groups -OCH3 is 1. The Morgan fingerprint density at radius 3 is 2.53 bits per heavy atom. The van der Waals surface area contributed by atoms with E-state index in [0.29, 0.717) is 29.6 Å². The van der Waals surface area contributed by atoms with Gasteiger partial charge in [0.1, 0.15) is 5.69 Å². The second-order valence-corrected chi connectivity index (χ2v) is 8.11. The molecule has 4 heterocycles. The molecule has 176 valence electrons. The summed E-state index contributed by atoms with van der Waals surface area (Å²) in [6.07, 6.45) is 8.79. The van der Waals surface area contributed by atoms with Crippen LogP contribution in [0.4, 0.5) is 11.5 Å². The highest BCUT2D eigenvalue weighted by Crippen LogP contribution is 2.31. The van der Waals surface area contributed by atoms with Crippen molar-refractivity contribution in [3.05, 3.63) is 103 Å². The fourth-order valence-electron chi connectivity index (χ4n) is 4.06. The third-order valence-corrected chi connectivity index (χ3v) is 5.83. The Morgan fingerprint density at radius 2 is 1.75 bits per heavy atom. The van der Waals surface area contributed by atoms with Crippen LogP contribution in [-0.4, -0.2) is 41.6 Å². The second-order valence-electron chi connectivity index (χ2n) is 8.11. The van der Waals surface area contributed by atoms with Crippen LogP contribution >= 0.6 is 0 Å². The van der Waals surface area contributed by atoms with Crippen LogP contribution < -0.4 is 10.1 Å². The number of rotatable bonds is 7. The zero-order chi connectivity index (χ0) is 24.3. The van der Waals surface area contributed by atoms with Crippen LogP contribution in [0, 0.1) is 0 Å². The van der Waals surface area contributed by atoms with E-state index in [4.69, 9.17) is 14.8 Å². The Balaban J connectivity index is 1.36. The highest BCUT2D eigenvalue weighted by Gasteiger charge is 2.17. The lowest BCUT2D eigenvalue weighted by molar-refractivity contribution is 0.413. The fraction of sp³-hybridized carbons (Fsp3) is 0.0741. The molecular weight excluding hydrogens is 452 g/mol. The fourth-order valence-corrected chi connectivity index (χ4v) is 4.06.